The van der Waals surface area contributed by atoms with E-state index in [0.717, 1.165) is 6.92 Å². The summed E-state index contributed by atoms with van der Waals surface area (Å²) in [7, 11) is 0. The van der Waals surface area contributed by atoms with E-state index in [0.29, 0.717) is 35.1 Å². The SMILES string of the molecule is C[C@@H](Nc1nc(N[C@H](C)C2CC2)nc(-c2ccnc(C(C)(F)F)c2)n1)C1CC1. The van der Waals surface area contributed by atoms with Crippen molar-refractivity contribution in [3.63, 3.8) is 0 Å². The van der Waals surface area contributed by atoms with Gasteiger partial charge >= 0.3 is 0 Å². The molecule has 0 aromatic carbocycles. The van der Waals surface area contributed by atoms with Crippen LogP contribution in [0.25, 0.3) is 11.4 Å². The summed E-state index contributed by atoms with van der Waals surface area (Å²) in [5.41, 5.74) is 0.199. The zero-order chi connectivity index (χ0) is 19.9. The summed E-state index contributed by atoms with van der Waals surface area (Å²) in [5.74, 6) is -0.458. The molecule has 2 fully saturated rings. The zero-order valence-electron chi connectivity index (χ0n) is 16.4. The second-order valence-electron chi connectivity index (χ2n) is 8.17. The maximum atomic E-state index is 13.7. The van der Waals surface area contributed by atoms with Crippen LogP contribution in [0.2, 0.25) is 0 Å². The molecule has 0 saturated heterocycles. The number of nitrogens with zero attached hydrogens (tertiary/aromatic N) is 4. The van der Waals surface area contributed by atoms with Gasteiger partial charge in [0.15, 0.2) is 5.82 Å². The van der Waals surface area contributed by atoms with Gasteiger partial charge in [-0.15, -0.1) is 0 Å². The summed E-state index contributed by atoms with van der Waals surface area (Å²) >= 11 is 0. The molecule has 2 aliphatic rings. The van der Waals surface area contributed by atoms with Crippen LogP contribution in [0.1, 0.15) is 52.1 Å². The minimum Gasteiger partial charge on any atom is -0.351 e. The third-order valence-electron chi connectivity index (χ3n) is 5.48. The molecule has 0 bridgehead atoms. The molecule has 0 unspecified atom stereocenters. The van der Waals surface area contributed by atoms with E-state index in [1.165, 1.54) is 37.9 Å². The maximum Gasteiger partial charge on any atom is 0.286 e. The Kier molecular flexibility index (Phi) is 4.89. The maximum absolute atomic E-state index is 13.7. The molecule has 2 saturated carbocycles. The first-order valence-electron chi connectivity index (χ1n) is 9.93. The van der Waals surface area contributed by atoms with Crippen LogP contribution >= 0.6 is 0 Å². The van der Waals surface area contributed by atoms with Gasteiger partial charge < -0.3 is 10.6 Å². The Morgan fingerprint density at radius 1 is 0.964 bits per heavy atom. The summed E-state index contributed by atoms with van der Waals surface area (Å²) in [6.45, 7) is 5.06. The molecule has 2 N–H and O–H groups in total. The predicted molar refractivity (Wildman–Crippen MR) is 104 cm³/mol. The van der Waals surface area contributed by atoms with Crippen LogP contribution in [0.3, 0.4) is 0 Å². The van der Waals surface area contributed by atoms with Crippen molar-refractivity contribution in [2.45, 2.75) is 64.5 Å². The highest BCUT2D eigenvalue weighted by Gasteiger charge is 2.30. The molecule has 0 radical (unpaired) electrons. The van der Waals surface area contributed by atoms with Crippen molar-refractivity contribution in [1.29, 1.82) is 0 Å². The van der Waals surface area contributed by atoms with Crippen molar-refractivity contribution in [1.82, 2.24) is 19.9 Å². The standard InChI is InChI=1S/C20H26F2N6/c1-11(13-4-5-13)24-18-26-17(15-8-9-23-16(10-15)20(3,21)22)27-19(28-18)25-12(2)14-6-7-14/h8-14H,4-7H2,1-3H3,(H2,24,25,26,27,28)/t11-,12-/m1/s1. The number of halogens is 2. The van der Waals surface area contributed by atoms with E-state index in [4.69, 9.17) is 0 Å². The minimum atomic E-state index is -3.02. The predicted octanol–water partition coefficient (Wildman–Crippen LogP) is 4.47. The Hall–Kier alpha value is -2.38. The minimum absolute atomic E-state index is 0.261. The van der Waals surface area contributed by atoms with Crippen LogP contribution in [0, 0.1) is 11.8 Å². The molecular formula is C20H26F2N6. The smallest absolute Gasteiger partial charge is 0.286 e. The molecule has 6 nitrogen and oxygen atoms in total. The molecule has 28 heavy (non-hydrogen) atoms. The largest absolute Gasteiger partial charge is 0.351 e. The Bertz CT molecular complexity index is 807. The summed E-state index contributed by atoms with van der Waals surface area (Å²) in [5, 5.41) is 6.70. The van der Waals surface area contributed by atoms with Gasteiger partial charge in [-0.3, -0.25) is 4.98 Å². The fraction of sp³-hybridized carbons (Fsp3) is 0.600. The Morgan fingerprint density at radius 3 is 1.96 bits per heavy atom. The molecular weight excluding hydrogens is 362 g/mol. The van der Waals surface area contributed by atoms with Gasteiger partial charge in [0.2, 0.25) is 11.9 Å². The first-order valence-corrected chi connectivity index (χ1v) is 9.93. The molecule has 0 aliphatic heterocycles. The highest BCUT2D eigenvalue weighted by molar-refractivity contribution is 5.58. The Balaban J connectivity index is 1.66. The van der Waals surface area contributed by atoms with E-state index >= 15 is 0 Å². The van der Waals surface area contributed by atoms with E-state index in [2.05, 4.69) is 44.4 Å². The van der Waals surface area contributed by atoms with Crippen LogP contribution in [0.5, 0.6) is 0 Å². The molecule has 0 amide bonds. The fourth-order valence-corrected chi connectivity index (χ4v) is 3.28. The van der Waals surface area contributed by atoms with Gasteiger partial charge in [-0.1, -0.05) is 0 Å². The molecule has 2 atom stereocenters. The lowest BCUT2D eigenvalue weighted by Gasteiger charge is -2.17. The molecule has 2 heterocycles. The summed E-state index contributed by atoms with van der Waals surface area (Å²) in [6, 6.07) is 3.51. The number of alkyl halides is 2. The fourth-order valence-electron chi connectivity index (χ4n) is 3.28. The first kappa shape index (κ1) is 19.0. The van der Waals surface area contributed by atoms with Gasteiger partial charge in [0, 0.05) is 30.8 Å². The van der Waals surface area contributed by atoms with Gasteiger partial charge in [0.05, 0.1) is 0 Å². The first-order chi connectivity index (χ1) is 13.3. The van der Waals surface area contributed by atoms with Crippen molar-refractivity contribution in [3.8, 4) is 11.4 Å². The van der Waals surface area contributed by atoms with Crippen LogP contribution in [0.4, 0.5) is 20.7 Å². The van der Waals surface area contributed by atoms with E-state index in [9.17, 15) is 8.78 Å². The summed E-state index contributed by atoms with van der Waals surface area (Å²) in [4.78, 5) is 17.3. The molecule has 2 aromatic rings. The van der Waals surface area contributed by atoms with E-state index in [1.807, 2.05) is 0 Å². The van der Waals surface area contributed by atoms with Gasteiger partial charge in [0.25, 0.3) is 5.92 Å². The van der Waals surface area contributed by atoms with Gasteiger partial charge in [-0.2, -0.15) is 23.7 Å². The van der Waals surface area contributed by atoms with E-state index in [1.54, 1.807) is 6.07 Å². The topological polar surface area (TPSA) is 75.6 Å². The molecule has 2 aliphatic carbocycles. The molecule has 4 rings (SSSR count). The Labute approximate surface area is 163 Å². The van der Waals surface area contributed by atoms with Crippen molar-refractivity contribution in [2.24, 2.45) is 11.8 Å². The number of hydrogen-bond acceptors (Lipinski definition) is 6. The van der Waals surface area contributed by atoms with Crippen LogP contribution in [-0.4, -0.2) is 32.0 Å². The van der Waals surface area contributed by atoms with Gasteiger partial charge in [-0.05, 0) is 63.5 Å². The second-order valence-corrected chi connectivity index (χ2v) is 8.17. The lowest BCUT2D eigenvalue weighted by atomic mass is 10.1. The van der Waals surface area contributed by atoms with Crippen molar-refractivity contribution >= 4 is 11.9 Å². The molecule has 2 aromatic heterocycles. The number of pyridine rings is 1. The third kappa shape index (κ3) is 4.54. The highest BCUT2D eigenvalue weighted by atomic mass is 19.3. The third-order valence-corrected chi connectivity index (χ3v) is 5.48. The van der Waals surface area contributed by atoms with Gasteiger partial charge in [-0.25, -0.2) is 0 Å². The number of nitrogens with one attached hydrogen (secondary N) is 2. The Morgan fingerprint density at radius 2 is 1.50 bits per heavy atom. The van der Waals surface area contributed by atoms with E-state index < -0.39 is 5.92 Å². The number of rotatable bonds is 8. The number of hydrogen-bond donors (Lipinski definition) is 2. The highest BCUT2D eigenvalue weighted by Crippen LogP contribution is 2.35. The second kappa shape index (κ2) is 7.22. The lowest BCUT2D eigenvalue weighted by molar-refractivity contribution is 0.0128. The zero-order valence-corrected chi connectivity index (χ0v) is 16.4. The van der Waals surface area contributed by atoms with Crippen LogP contribution < -0.4 is 10.6 Å². The average Bonchev–Trinajstić information content (AvgIpc) is 3.53. The molecule has 8 heteroatoms. The van der Waals surface area contributed by atoms with Crippen molar-refractivity contribution < 1.29 is 8.78 Å². The summed E-state index contributed by atoms with van der Waals surface area (Å²) in [6.07, 6.45) is 6.18. The normalized spacial score (nSPS) is 19.2. The van der Waals surface area contributed by atoms with Crippen molar-refractivity contribution in [3.05, 3.63) is 24.0 Å². The van der Waals surface area contributed by atoms with Crippen molar-refractivity contribution in [2.75, 3.05) is 10.6 Å². The monoisotopic (exact) mass is 388 g/mol. The molecule has 150 valence electrons. The molecule has 0 spiro atoms. The number of anilines is 2. The average molecular weight is 388 g/mol. The number of aromatic nitrogens is 4. The summed E-state index contributed by atoms with van der Waals surface area (Å²) < 4.78 is 27.4. The van der Waals surface area contributed by atoms with Gasteiger partial charge in [0.1, 0.15) is 5.69 Å². The van der Waals surface area contributed by atoms with Crippen LogP contribution in [0.15, 0.2) is 18.3 Å². The van der Waals surface area contributed by atoms with Crippen LogP contribution in [-0.2, 0) is 5.92 Å². The lowest BCUT2D eigenvalue weighted by Crippen LogP contribution is -2.23. The van der Waals surface area contributed by atoms with E-state index in [-0.39, 0.29) is 17.8 Å². The quantitative estimate of drug-likeness (QED) is 0.695.